The number of nitrogens with zero attached hydrogens (tertiary/aromatic N) is 1. The van der Waals surface area contributed by atoms with Gasteiger partial charge in [0.15, 0.2) is 0 Å². The lowest BCUT2D eigenvalue weighted by Gasteiger charge is -2.37. The molecule has 2 N–H and O–H groups in total. The first-order chi connectivity index (χ1) is 10.1. The van der Waals surface area contributed by atoms with Crippen molar-refractivity contribution < 1.29 is 18.8 Å². The molecule has 21 heavy (non-hydrogen) atoms. The van der Waals surface area contributed by atoms with Crippen molar-refractivity contribution in [3.8, 4) is 0 Å². The lowest BCUT2D eigenvalue weighted by atomic mass is 9.89. The summed E-state index contributed by atoms with van der Waals surface area (Å²) >= 11 is 0. The van der Waals surface area contributed by atoms with Crippen molar-refractivity contribution >= 4 is 17.8 Å². The predicted molar refractivity (Wildman–Crippen MR) is 72.6 cm³/mol. The molecule has 7 heteroatoms. The molecule has 2 fully saturated rings. The van der Waals surface area contributed by atoms with E-state index in [-0.39, 0.29) is 18.4 Å². The van der Waals surface area contributed by atoms with Crippen molar-refractivity contribution in [3.05, 3.63) is 23.7 Å². The van der Waals surface area contributed by atoms with Crippen LogP contribution in [0.4, 0.5) is 4.79 Å². The van der Waals surface area contributed by atoms with Gasteiger partial charge in [0.2, 0.25) is 0 Å². The Hall–Kier alpha value is -2.31. The van der Waals surface area contributed by atoms with Crippen molar-refractivity contribution in [1.82, 2.24) is 15.5 Å². The summed E-state index contributed by atoms with van der Waals surface area (Å²) in [6, 6.07) is 1.15. The number of hydrogen-bond acceptors (Lipinski definition) is 4. The van der Waals surface area contributed by atoms with E-state index in [9.17, 15) is 14.4 Å². The van der Waals surface area contributed by atoms with Crippen LogP contribution < -0.4 is 10.6 Å². The highest BCUT2D eigenvalue weighted by molar-refractivity contribution is 6.07. The third-order valence-corrected chi connectivity index (χ3v) is 4.09. The van der Waals surface area contributed by atoms with Crippen LogP contribution in [0.2, 0.25) is 0 Å². The van der Waals surface area contributed by atoms with Crippen molar-refractivity contribution in [1.29, 1.82) is 0 Å². The van der Waals surface area contributed by atoms with Crippen molar-refractivity contribution in [2.75, 3.05) is 13.1 Å². The third-order valence-electron chi connectivity index (χ3n) is 4.09. The molecule has 0 aliphatic carbocycles. The van der Waals surface area contributed by atoms with Gasteiger partial charge in [-0.2, -0.15) is 0 Å². The van der Waals surface area contributed by atoms with Crippen molar-refractivity contribution in [2.24, 2.45) is 0 Å². The first-order valence-corrected chi connectivity index (χ1v) is 7.05. The Morgan fingerprint density at radius 3 is 2.95 bits per heavy atom. The number of furan rings is 1. The predicted octanol–water partition coefficient (Wildman–Crippen LogP) is 0.656. The molecule has 7 nitrogen and oxygen atoms in total. The number of aryl methyl sites for hydroxylation is 1. The van der Waals surface area contributed by atoms with Crippen LogP contribution in [0.1, 0.15) is 35.9 Å². The van der Waals surface area contributed by atoms with E-state index in [0.29, 0.717) is 37.1 Å². The number of rotatable bonds is 2. The minimum absolute atomic E-state index is 0.159. The van der Waals surface area contributed by atoms with E-state index in [1.54, 1.807) is 11.0 Å². The largest absolute Gasteiger partial charge is 0.469 e. The van der Waals surface area contributed by atoms with Gasteiger partial charge in [0.25, 0.3) is 11.8 Å². The van der Waals surface area contributed by atoms with E-state index < -0.39 is 11.6 Å². The monoisotopic (exact) mass is 291 g/mol. The molecule has 2 saturated heterocycles. The standard InChI is InChI=1S/C14H17N3O4/c1-2-10-9(4-7-21-10)11(18)17-6-3-5-14(8-17)12(19)15-13(20)16-14/h4,7H,2-3,5-6,8H2,1H3,(H2,15,16,19,20). The van der Waals surface area contributed by atoms with Crippen LogP contribution in [-0.2, 0) is 11.2 Å². The number of carbonyl (C=O) groups is 3. The van der Waals surface area contributed by atoms with Crippen LogP contribution in [0, 0.1) is 0 Å². The first kappa shape index (κ1) is 13.7. The van der Waals surface area contributed by atoms with E-state index in [1.807, 2.05) is 6.92 Å². The van der Waals surface area contributed by atoms with Gasteiger partial charge < -0.3 is 14.6 Å². The number of likely N-dealkylation sites (tertiary alicyclic amines) is 1. The molecule has 3 rings (SSSR count). The Balaban J connectivity index is 1.82. The molecule has 1 unspecified atom stereocenters. The van der Waals surface area contributed by atoms with Gasteiger partial charge in [0.1, 0.15) is 11.3 Å². The smallest absolute Gasteiger partial charge is 0.322 e. The van der Waals surface area contributed by atoms with Crippen LogP contribution in [0.5, 0.6) is 0 Å². The highest BCUT2D eigenvalue weighted by Gasteiger charge is 2.49. The quantitative estimate of drug-likeness (QED) is 0.783. The number of hydrogen-bond donors (Lipinski definition) is 2. The highest BCUT2D eigenvalue weighted by atomic mass is 16.3. The first-order valence-electron chi connectivity index (χ1n) is 7.05. The molecule has 4 amide bonds. The second-order valence-electron chi connectivity index (χ2n) is 5.43. The maximum atomic E-state index is 12.6. The Bertz CT molecular complexity index is 609. The molecule has 112 valence electrons. The van der Waals surface area contributed by atoms with E-state index in [4.69, 9.17) is 4.42 Å². The average molecular weight is 291 g/mol. The SMILES string of the molecule is CCc1occc1C(=O)N1CCCC2(C1)NC(=O)NC2=O. The zero-order valence-corrected chi connectivity index (χ0v) is 11.8. The van der Waals surface area contributed by atoms with E-state index in [1.165, 1.54) is 6.26 Å². The number of nitrogens with one attached hydrogen (secondary N) is 2. The summed E-state index contributed by atoms with van der Waals surface area (Å²) in [4.78, 5) is 37.6. The zero-order chi connectivity index (χ0) is 15.0. The lowest BCUT2D eigenvalue weighted by molar-refractivity contribution is -0.125. The van der Waals surface area contributed by atoms with E-state index in [0.717, 1.165) is 0 Å². The summed E-state index contributed by atoms with van der Waals surface area (Å²) in [5, 5.41) is 4.91. The Kier molecular flexibility index (Phi) is 3.19. The average Bonchev–Trinajstić information content (AvgIpc) is 3.03. The zero-order valence-electron chi connectivity index (χ0n) is 11.8. The number of urea groups is 1. The summed E-state index contributed by atoms with van der Waals surface area (Å²) in [5.41, 5.74) is -0.458. The molecule has 0 saturated carbocycles. The molecule has 1 aromatic heterocycles. The molecule has 0 bridgehead atoms. The van der Waals surface area contributed by atoms with Crippen LogP contribution >= 0.6 is 0 Å². The van der Waals surface area contributed by atoms with E-state index >= 15 is 0 Å². The summed E-state index contributed by atoms with van der Waals surface area (Å²) in [6.07, 6.45) is 3.33. The number of piperidine rings is 1. The van der Waals surface area contributed by atoms with E-state index in [2.05, 4.69) is 10.6 Å². The summed E-state index contributed by atoms with van der Waals surface area (Å²) < 4.78 is 5.28. The molecule has 2 aliphatic heterocycles. The minimum atomic E-state index is -0.985. The van der Waals surface area contributed by atoms with Gasteiger partial charge in [0, 0.05) is 13.0 Å². The Labute approximate surface area is 121 Å². The Morgan fingerprint density at radius 1 is 1.48 bits per heavy atom. The maximum absolute atomic E-state index is 12.6. The second-order valence-corrected chi connectivity index (χ2v) is 5.43. The second kappa shape index (κ2) is 4.91. The molecular formula is C14H17N3O4. The summed E-state index contributed by atoms with van der Waals surface area (Å²) in [6.45, 7) is 2.67. The molecule has 2 aliphatic rings. The normalized spacial score (nSPS) is 25.1. The minimum Gasteiger partial charge on any atom is -0.469 e. The van der Waals surface area contributed by atoms with Crippen molar-refractivity contribution in [3.63, 3.8) is 0 Å². The van der Waals surface area contributed by atoms with Crippen LogP contribution in [0.25, 0.3) is 0 Å². The van der Waals surface area contributed by atoms with Gasteiger partial charge in [0.05, 0.1) is 18.4 Å². The van der Waals surface area contributed by atoms with Crippen molar-refractivity contribution in [2.45, 2.75) is 31.7 Å². The maximum Gasteiger partial charge on any atom is 0.322 e. The van der Waals surface area contributed by atoms with Gasteiger partial charge in [-0.25, -0.2) is 4.79 Å². The number of imide groups is 1. The molecule has 0 aromatic carbocycles. The van der Waals surface area contributed by atoms with Gasteiger partial charge in [-0.3, -0.25) is 14.9 Å². The molecule has 0 radical (unpaired) electrons. The van der Waals surface area contributed by atoms with Gasteiger partial charge in [-0.1, -0.05) is 6.92 Å². The van der Waals surface area contributed by atoms with Gasteiger partial charge in [-0.15, -0.1) is 0 Å². The van der Waals surface area contributed by atoms with Crippen LogP contribution in [0.15, 0.2) is 16.7 Å². The number of carbonyl (C=O) groups excluding carboxylic acids is 3. The fourth-order valence-corrected chi connectivity index (χ4v) is 3.02. The molecule has 1 spiro atoms. The van der Waals surface area contributed by atoms with Gasteiger partial charge >= 0.3 is 6.03 Å². The summed E-state index contributed by atoms with van der Waals surface area (Å²) in [7, 11) is 0. The molecule has 3 heterocycles. The topological polar surface area (TPSA) is 91.7 Å². The molecular weight excluding hydrogens is 274 g/mol. The highest BCUT2D eigenvalue weighted by Crippen LogP contribution is 2.26. The fraction of sp³-hybridized carbons (Fsp3) is 0.500. The van der Waals surface area contributed by atoms with Crippen LogP contribution in [0.3, 0.4) is 0 Å². The van der Waals surface area contributed by atoms with Gasteiger partial charge in [-0.05, 0) is 18.9 Å². The van der Waals surface area contributed by atoms with Crippen LogP contribution in [-0.4, -0.2) is 41.4 Å². The fourth-order valence-electron chi connectivity index (χ4n) is 3.02. The lowest BCUT2D eigenvalue weighted by Crippen LogP contribution is -2.59. The molecule has 1 atom stereocenters. The molecule has 1 aromatic rings. The summed E-state index contributed by atoms with van der Waals surface area (Å²) in [5.74, 6) is 0.126. The third kappa shape index (κ3) is 2.18. The number of amides is 4. The Morgan fingerprint density at radius 2 is 2.29 bits per heavy atom.